The summed E-state index contributed by atoms with van der Waals surface area (Å²) in [5.74, 6) is -0.0364. The Labute approximate surface area is 159 Å². The van der Waals surface area contributed by atoms with Crippen LogP contribution in [0.1, 0.15) is 75.5 Å². The number of carbonyl (C=O) groups excluding carboxylic acids is 1. The highest BCUT2D eigenvalue weighted by Gasteiger charge is 2.28. The molecule has 1 atom stereocenters. The van der Waals surface area contributed by atoms with E-state index in [9.17, 15) is 9.90 Å². The van der Waals surface area contributed by atoms with Gasteiger partial charge in [-0.3, -0.25) is 4.79 Å². The van der Waals surface area contributed by atoms with E-state index >= 15 is 0 Å². The second-order valence-electron chi connectivity index (χ2n) is 7.90. The molecular weight excluding hydrogens is 342 g/mol. The Morgan fingerprint density at radius 1 is 1.15 bits per heavy atom. The molecule has 2 aromatic rings. The van der Waals surface area contributed by atoms with Gasteiger partial charge in [-0.15, -0.1) is 11.3 Å². The van der Waals surface area contributed by atoms with Crippen LogP contribution in [0.5, 0.6) is 0 Å². The van der Waals surface area contributed by atoms with Gasteiger partial charge in [-0.05, 0) is 92.7 Å². The van der Waals surface area contributed by atoms with Crippen molar-refractivity contribution in [1.82, 2.24) is 0 Å². The quantitative estimate of drug-likeness (QED) is 0.805. The standard InChI is InChI=1S/C22H27NO2S/c1-4-22(3,25)18-12-19(26-13(18)2)21(24)23-20-16-9-5-7-14(16)11-15-8-6-10-17(15)20/h11-12,25H,4-10H2,1-3H3,(H,23,24). The lowest BCUT2D eigenvalue weighted by Gasteiger charge is -2.21. The Bertz CT molecular complexity index is 847. The summed E-state index contributed by atoms with van der Waals surface area (Å²) >= 11 is 1.48. The van der Waals surface area contributed by atoms with E-state index in [2.05, 4.69) is 11.4 Å². The SMILES string of the molecule is CCC(C)(O)c1cc(C(=O)Nc2c3c(cc4c2CCC4)CCC3)sc1C. The zero-order valence-corrected chi connectivity index (χ0v) is 16.7. The maximum absolute atomic E-state index is 13.0. The van der Waals surface area contributed by atoms with Crippen molar-refractivity contribution >= 4 is 22.9 Å². The second kappa shape index (κ2) is 6.50. The lowest BCUT2D eigenvalue weighted by Crippen LogP contribution is -2.20. The molecule has 3 nitrogen and oxygen atoms in total. The zero-order chi connectivity index (χ0) is 18.5. The summed E-state index contributed by atoms with van der Waals surface area (Å²) in [4.78, 5) is 14.7. The predicted molar refractivity (Wildman–Crippen MR) is 107 cm³/mol. The molecule has 0 radical (unpaired) electrons. The van der Waals surface area contributed by atoms with Crippen molar-refractivity contribution in [1.29, 1.82) is 0 Å². The van der Waals surface area contributed by atoms with Gasteiger partial charge >= 0.3 is 0 Å². The number of benzene rings is 1. The molecule has 0 saturated heterocycles. The molecule has 0 bridgehead atoms. The minimum atomic E-state index is -0.881. The zero-order valence-electron chi connectivity index (χ0n) is 15.9. The van der Waals surface area contributed by atoms with E-state index in [4.69, 9.17) is 0 Å². The van der Waals surface area contributed by atoms with Gasteiger partial charge in [0, 0.05) is 10.6 Å². The third-order valence-corrected chi connectivity index (χ3v) is 7.17. The number of anilines is 1. The Kier molecular flexibility index (Phi) is 4.44. The molecule has 2 aliphatic rings. The van der Waals surface area contributed by atoms with Crippen molar-refractivity contribution in [2.24, 2.45) is 0 Å². The molecule has 138 valence electrons. The fourth-order valence-corrected chi connectivity index (χ4v) is 5.50. The average Bonchev–Trinajstić information content (AvgIpc) is 3.33. The number of carbonyl (C=O) groups is 1. The lowest BCUT2D eigenvalue weighted by molar-refractivity contribution is 0.0529. The number of nitrogens with one attached hydrogen (secondary N) is 1. The molecule has 0 saturated carbocycles. The van der Waals surface area contributed by atoms with Crippen LogP contribution in [0.15, 0.2) is 12.1 Å². The first kappa shape index (κ1) is 17.7. The highest BCUT2D eigenvalue weighted by atomic mass is 32.1. The molecule has 4 heteroatoms. The topological polar surface area (TPSA) is 49.3 Å². The highest BCUT2D eigenvalue weighted by molar-refractivity contribution is 7.14. The Morgan fingerprint density at radius 3 is 2.35 bits per heavy atom. The van der Waals surface area contributed by atoms with Crippen LogP contribution in [0.2, 0.25) is 0 Å². The maximum Gasteiger partial charge on any atom is 0.265 e. The summed E-state index contributed by atoms with van der Waals surface area (Å²) in [6, 6.07) is 4.26. The molecule has 1 heterocycles. The summed E-state index contributed by atoms with van der Waals surface area (Å²) in [6.45, 7) is 5.77. The van der Waals surface area contributed by atoms with Crippen LogP contribution < -0.4 is 5.32 Å². The molecular formula is C22H27NO2S. The first-order valence-electron chi connectivity index (χ1n) is 9.72. The fraction of sp³-hybridized carbons (Fsp3) is 0.500. The number of hydrogen-bond acceptors (Lipinski definition) is 3. The summed E-state index contributed by atoms with van der Waals surface area (Å²) in [7, 11) is 0. The smallest absolute Gasteiger partial charge is 0.265 e. The molecule has 0 aliphatic heterocycles. The van der Waals surface area contributed by atoms with Gasteiger partial charge < -0.3 is 10.4 Å². The predicted octanol–water partition coefficient (Wildman–Crippen LogP) is 4.90. The van der Waals surface area contributed by atoms with E-state index < -0.39 is 5.60 Å². The molecule has 1 aromatic heterocycles. The van der Waals surface area contributed by atoms with Crippen molar-refractivity contribution in [3.8, 4) is 0 Å². The van der Waals surface area contributed by atoms with Crippen LogP contribution in [-0.2, 0) is 31.3 Å². The number of aryl methyl sites for hydroxylation is 3. The van der Waals surface area contributed by atoms with Crippen LogP contribution in [0, 0.1) is 6.92 Å². The Morgan fingerprint density at radius 2 is 1.77 bits per heavy atom. The van der Waals surface area contributed by atoms with Gasteiger partial charge in [-0.1, -0.05) is 13.0 Å². The normalized spacial score (nSPS) is 17.7. The van der Waals surface area contributed by atoms with Gasteiger partial charge in [0.2, 0.25) is 0 Å². The second-order valence-corrected chi connectivity index (χ2v) is 9.15. The van der Waals surface area contributed by atoms with Crippen LogP contribution >= 0.6 is 11.3 Å². The molecule has 26 heavy (non-hydrogen) atoms. The summed E-state index contributed by atoms with van der Waals surface area (Å²) in [5.41, 5.74) is 6.65. The summed E-state index contributed by atoms with van der Waals surface area (Å²) in [5, 5.41) is 13.8. The molecule has 1 unspecified atom stereocenters. The van der Waals surface area contributed by atoms with Crippen molar-refractivity contribution in [3.63, 3.8) is 0 Å². The third kappa shape index (κ3) is 2.89. The van der Waals surface area contributed by atoms with Gasteiger partial charge in [0.1, 0.15) is 0 Å². The maximum atomic E-state index is 13.0. The molecule has 0 spiro atoms. The van der Waals surface area contributed by atoms with Crippen LogP contribution in [0.25, 0.3) is 0 Å². The van der Waals surface area contributed by atoms with E-state index in [-0.39, 0.29) is 5.91 Å². The summed E-state index contributed by atoms with van der Waals surface area (Å²) in [6.07, 6.45) is 7.39. The molecule has 4 rings (SSSR count). The average molecular weight is 370 g/mol. The first-order chi connectivity index (χ1) is 12.4. The van der Waals surface area contributed by atoms with Gasteiger partial charge in [0.05, 0.1) is 10.5 Å². The largest absolute Gasteiger partial charge is 0.385 e. The van der Waals surface area contributed by atoms with Gasteiger partial charge in [-0.25, -0.2) is 0 Å². The third-order valence-electron chi connectivity index (χ3n) is 6.12. The molecule has 2 aliphatic carbocycles. The van der Waals surface area contributed by atoms with E-state index in [0.29, 0.717) is 11.3 Å². The van der Waals surface area contributed by atoms with Gasteiger partial charge in [-0.2, -0.15) is 0 Å². The fourth-order valence-electron chi connectivity index (χ4n) is 4.46. The Hall–Kier alpha value is -1.65. The lowest BCUT2D eigenvalue weighted by atomic mass is 9.94. The molecule has 0 fully saturated rings. The number of aliphatic hydroxyl groups is 1. The van der Waals surface area contributed by atoms with Crippen LogP contribution in [0.4, 0.5) is 5.69 Å². The van der Waals surface area contributed by atoms with Crippen LogP contribution in [-0.4, -0.2) is 11.0 Å². The van der Waals surface area contributed by atoms with Crippen molar-refractivity contribution in [3.05, 3.63) is 49.7 Å². The first-order valence-corrected chi connectivity index (χ1v) is 10.5. The van der Waals surface area contributed by atoms with E-state index in [1.165, 1.54) is 46.4 Å². The van der Waals surface area contributed by atoms with Crippen LogP contribution in [0.3, 0.4) is 0 Å². The monoisotopic (exact) mass is 369 g/mol. The number of amides is 1. The number of thiophene rings is 1. The minimum absolute atomic E-state index is 0.0364. The van der Waals surface area contributed by atoms with Crippen molar-refractivity contribution in [2.75, 3.05) is 5.32 Å². The van der Waals surface area contributed by atoms with E-state index in [1.807, 2.05) is 26.8 Å². The molecule has 2 N–H and O–H groups in total. The molecule has 1 aromatic carbocycles. The summed E-state index contributed by atoms with van der Waals surface area (Å²) < 4.78 is 0. The minimum Gasteiger partial charge on any atom is -0.385 e. The van der Waals surface area contributed by atoms with E-state index in [0.717, 1.165) is 41.8 Å². The van der Waals surface area contributed by atoms with E-state index in [1.54, 1.807) is 0 Å². The Balaban J connectivity index is 1.67. The molecule has 1 amide bonds. The number of rotatable bonds is 4. The van der Waals surface area contributed by atoms with Crippen molar-refractivity contribution in [2.45, 2.75) is 71.3 Å². The van der Waals surface area contributed by atoms with Gasteiger partial charge in [0.25, 0.3) is 5.91 Å². The van der Waals surface area contributed by atoms with Gasteiger partial charge in [0.15, 0.2) is 0 Å². The number of hydrogen-bond donors (Lipinski definition) is 2. The van der Waals surface area contributed by atoms with Crippen molar-refractivity contribution < 1.29 is 9.90 Å². The highest BCUT2D eigenvalue weighted by Crippen LogP contribution is 2.39. The number of fused-ring (bicyclic) bond motifs is 2.